The van der Waals surface area contributed by atoms with Gasteiger partial charge in [-0.2, -0.15) is 0 Å². The molecule has 0 saturated heterocycles. The summed E-state index contributed by atoms with van der Waals surface area (Å²) in [6.45, 7) is 3.73. The molecule has 6 nitrogen and oxygen atoms in total. The number of nitro groups is 1. The predicted octanol–water partition coefficient (Wildman–Crippen LogP) is 2.56. The van der Waals surface area contributed by atoms with Crippen LogP contribution < -0.4 is 5.32 Å². The van der Waals surface area contributed by atoms with E-state index in [1.165, 1.54) is 6.07 Å². The minimum absolute atomic E-state index is 0.0462. The van der Waals surface area contributed by atoms with Crippen LogP contribution in [0.2, 0.25) is 0 Å². The number of nitrogens with one attached hydrogen (secondary N) is 1. The van der Waals surface area contributed by atoms with E-state index in [1.807, 2.05) is 22.6 Å². The van der Waals surface area contributed by atoms with Gasteiger partial charge in [-0.3, -0.25) is 10.1 Å². The van der Waals surface area contributed by atoms with Crippen LogP contribution in [0.15, 0.2) is 18.2 Å². The summed E-state index contributed by atoms with van der Waals surface area (Å²) in [7, 11) is 0. The highest BCUT2D eigenvalue weighted by atomic mass is 127. The first-order chi connectivity index (χ1) is 8.45. The summed E-state index contributed by atoms with van der Waals surface area (Å²) in [4.78, 5) is 21.6. The van der Waals surface area contributed by atoms with Gasteiger partial charge >= 0.3 is 5.97 Å². The third-order valence-corrected chi connectivity index (χ3v) is 3.03. The lowest BCUT2D eigenvalue weighted by atomic mass is 10.2. The molecule has 0 heterocycles. The van der Waals surface area contributed by atoms with Crippen molar-refractivity contribution in [2.75, 3.05) is 11.9 Å². The summed E-state index contributed by atoms with van der Waals surface area (Å²) in [6, 6.07) is 4.09. The second-order valence-electron chi connectivity index (χ2n) is 3.54. The summed E-state index contributed by atoms with van der Waals surface area (Å²) in [6.07, 6.45) is 0. The molecule has 0 bridgehead atoms. The average molecular weight is 364 g/mol. The van der Waals surface area contributed by atoms with Gasteiger partial charge < -0.3 is 10.1 Å². The standard InChI is InChI=1S/C11H13IN2O4/c1-3-18-11(15)7(2)13-8-4-5-10(14(16)17)9(12)6-8/h4-7,13H,3H2,1-2H3. The molecular weight excluding hydrogens is 351 g/mol. The van der Waals surface area contributed by atoms with E-state index in [0.29, 0.717) is 15.9 Å². The molecule has 0 aliphatic heterocycles. The molecule has 1 rings (SSSR count). The SMILES string of the molecule is CCOC(=O)C(C)Nc1ccc([N+](=O)[O-])c(I)c1. The minimum atomic E-state index is -0.498. The number of carbonyl (C=O) groups excluding carboxylic acids is 1. The molecule has 0 saturated carbocycles. The van der Waals surface area contributed by atoms with Gasteiger partial charge in [0.25, 0.3) is 5.69 Å². The van der Waals surface area contributed by atoms with E-state index in [4.69, 9.17) is 4.74 Å². The van der Waals surface area contributed by atoms with Crippen LogP contribution in [0.25, 0.3) is 0 Å². The highest BCUT2D eigenvalue weighted by Crippen LogP contribution is 2.24. The summed E-state index contributed by atoms with van der Waals surface area (Å²) in [5, 5.41) is 13.6. The smallest absolute Gasteiger partial charge is 0.328 e. The predicted molar refractivity (Wildman–Crippen MR) is 75.5 cm³/mol. The van der Waals surface area contributed by atoms with Crippen LogP contribution in [0, 0.1) is 13.7 Å². The van der Waals surface area contributed by atoms with Crippen LogP contribution in [0.3, 0.4) is 0 Å². The van der Waals surface area contributed by atoms with Crippen LogP contribution in [-0.2, 0) is 9.53 Å². The number of hydrogen-bond acceptors (Lipinski definition) is 5. The Bertz CT molecular complexity index is 464. The van der Waals surface area contributed by atoms with E-state index in [2.05, 4.69) is 5.32 Å². The molecule has 0 aliphatic rings. The van der Waals surface area contributed by atoms with Crippen molar-refractivity contribution in [1.82, 2.24) is 0 Å². The van der Waals surface area contributed by atoms with Gasteiger partial charge in [0, 0.05) is 11.8 Å². The number of esters is 1. The summed E-state index contributed by atoms with van der Waals surface area (Å²) >= 11 is 1.88. The monoisotopic (exact) mass is 364 g/mol. The Labute approximate surface area is 118 Å². The quantitative estimate of drug-likeness (QED) is 0.376. The van der Waals surface area contributed by atoms with Crippen LogP contribution in [0.4, 0.5) is 11.4 Å². The number of hydrogen-bond donors (Lipinski definition) is 1. The fraction of sp³-hybridized carbons (Fsp3) is 0.364. The van der Waals surface area contributed by atoms with Gasteiger partial charge in [-0.05, 0) is 48.6 Å². The highest BCUT2D eigenvalue weighted by Gasteiger charge is 2.16. The van der Waals surface area contributed by atoms with Gasteiger partial charge in [0.1, 0.15) is 6.04 Å². The first-order valence-electron chi connectivity index (χ1n) is 5.32. The van der Waals surface area contributed by atoms with Gasteiger partial charge in [0.15, 0.2) is 0 Å². The molecule has 1 unspecified atom stereocenters. The van der Waals surface area contributed by atoms with Crippen LogP contribution in [-0.4, -0.2) is 23.5 Å². The van der Waals surface area contributed by atoms with E-state index >= 15 is 0 Å². The lowest BCUT2D eigenvalue weighted by Crippen LogP contribution is -2.28. The molecule has 0 aromatic heterocycles. The molecule has 98 valence electrons. The normalized spacial score (nSPS) is 11.7. The number of nitrogens with zero attached hydrogens (tertiary/aromatic N) is 1. The maximum atomic E-state index is 11.4. The topological polar surface area (TPSA) is 81.5 Å². The fourth-order valence-electron chi connectivity index (χ4n) is 1.32. The Balaban J connectivity index is 2.77. The molecule has 1 atom stereocenters. The zero-order valence-electron chi connectivity index (χ0n) is 9.97. The van der Waals surface area contributed by atoms with Crippen molar-refractivity contribution in [3.05, 3.63) is 31.9 Å². The van der Waals surface area contributed by atoms with Crippen molar-refractivity contribution >= 4 is 39.9 Å². The van der Waals surface area contributed by atoms with Gasteiger partial charge in [-0.1, -0.05) is 0 Å². The molecule has 0 fully saturated rings. The fourth-order valence-corrected chi connectivity index (χ4v) is 2.03. The molecule has 1 aromatic rings. The molecule has 0 amide bonds. The molecule has 7 heteroatoms. The van der Waals surface area contributed by atoms with E-state index in [9.17, 15) is 14.9 Å². The van der Waals surface area contributed by atoms with Gasteiger partial charge in [-0.15, -0.1) is 0 Å². The third-order valence-electron chi connectivity index (χ3n) is 2.17. The minimum Gasteiger partial charge on any atom is -0.464 e. The number of halogens is 1. The number of nitro benzene ring substituents is 1. The van der Waals surface area contributed by atoms with Crippen molar-refractivity contribution in [1.29, 1.82) is 0 Å². The van der Waals surface area contributed by atoms with E-state index < -0.39 is 11.0 Å². The molecule has 1 N–H and O–H groups in total. The summed E-state index contributed by atoms with van der Waals surface area (Å²) in [5.41, 5.74) is 0.690. The van der Waals surface area contributed by atoms with Crippen LogP contribution >= 0.6 is 22.6 Å². The Hall–Kier alpha value is -1.38. The third kappa shape index (κ3) is 3.83. The van der Waals surface area contributed by atoms with Gasteiger partial charge in [0.2, 0.25) is 0 Å². The number of rotatable bonds is 5. The largest absolute Gasteiger partial charge is 0.464 e. The summed E-state index contributed by atoms with van der Waals surface area (Å²) in [5.74, 6) is -0.356. The summed E-state index contributed by atoms with van der Waals surface area (Å²) < 4.78 is 5.37. The second-order valence-corrected chi connectivity index (χ2v) is 4.70. The van der Waals surface area contributed by atoms with Gasteiger partial charge in [0.05, 0.1) is 15.1 Å². The first kappa shape index (κ1) is 14.7. The maximum absolute atomic E-state index is 11.4. The molecular formula is C11H13IN2O4. The molecule has 18 heavy (non-hydrogen) atoms. The zero-order valence-corrected chi connectivity index (χ0v) is 12.1. The Kier molecular flexibility index (Phi) is 5.32. The Morgan fingerprint density at radius 1 is 1.61 bits per heavy atom. The maximum Gasteiger partial charge on any atom is 0.328 e. The Morgan fingerprint density at radius 3 is 2.78 bits per heavy atom. The van der Waals surface area contributed by atoms with Crippen molar-refractivity contribution in [2.24, 2.45) is 0 Å². The van der Waals surface area contributed by atoms with Crippen molar-refractivity contribution in [3.63, 3.8) is 0 Å². The molecule has 0 radical (unpaired) electrons. The second kappa shape index (κ2) is 6.53. The van der Waals surface area contributed by atoms with E-state index in [1.54, 1.807) is 26.0 Å². The molecule has 0 spiro atoms. The molecule has 0 aliphatic carbocycles. The van der Waals surface area contributed by atoms with Crippen molar-refractivity contribution < 1.29 is 14.5 Å². The zero-order chi connectivity index (χ0) is 13.7. The Morgan fingerprint density at radius 2 is 2.28 bits per heavy atom. The lowest BCUT2D eigenvalue weighted by molar-refractivity contribution is -0.385. The van der Waals surface area contributed by atoms with Crippen molar-refractivity contribution in [3.8, 4) is 0 Å². The first-order valence-corrected chi connectivity index (χ1v) is 6.40. The van der Waals surface area contributed by atoms with Crippen LogP contribution in [0.1, 0.15) is 13.8 Å². The van der Waals surface area contributed by atoms with Crippen molar-refractivity contribution in [2.45, 2.75) is 19.9 Å². The highest BCUT2D eigenvalue weighted by molar-refractivity contribution is 14.1. The molecule has 1 aromatic carbocycles. The van der Waals surface area contributed by atoms with E-state index in [0.717, 1.165) is 0 Å². The van der Waals surface area contributed by atoms with Gasteiger partial charge in [-0.25, -0.2) is 4.79 Å². The number of carbonyl (C=O) groups is 1. The number of benzene rings is 1. The number of ether oxygens (including phenoxy) is 1. The lowest BCUT2D eigenvalue weighted by Gasteiger charge is -2.13. The van der Waals surface area contributed by atoms with Crippen LogP contribution in [0.5, 0.6) is 0 Å². The van der Waals surface area contributed by atoms with E-state index in [-0.39, 0.29) is 11.7 Å². The number of anilines is 1. The average Bonchev–Trinajstić information content (AvgIpc) is 2.28.